The van der Waals surface area contributed by atoms with Crippen LogP contribution in [0.5, 0.6) is 0 Å². The lowest BCUT2D eigenvalue weighted by Crippen LogP contribution is -2.47. The van der Waals surface area contributed by atoms with Gasteiger partial charge in [-0.05, 0) is 31.5 Å². The fourth-order valence-electron chi connectivity index (χ4n) is 6.02. The summed E-state index contributed by atoms with van der Waals surface area (Å²) < 4.78 is 26.6. The summed E-state index contributed by atoms with van der Waals surface area (Å²) >= 11 is 1.73. The first kappa shape index (κ1) is 30.8. The van der Waals surface area contributed by atoms with Crippen LogP contribution in [0.3, 0.4) is 0 Å². The highest BCUT2D eigenvalue weighted by Gasteiger charge is 2.26. The summed E-state index contributed by atoms with van der Waals surface area (Å²) in [5, 5.41) is 16.9. The number of carbonyl (C=O) groups is 1. The van der Waals surface area contributed by atoms with E-state index in [4.69, 9.17) is 15.2 Å². The number of aromatic nitrogens is 4. The quantitative estimate of drug-likeness (QED) is 0.127. The third kappa shape index (κ3) is 7.03. The lowest BCUT2D eigenvalue weighted by atomic mass is 10.1. The summed E-state index contributed by atoms with van der Waals surface area (Å²) in [6.45, 7) is 7.72. The summed E-state index contributed by atoms with van der Waals surface area (Å²) in [6.07, 6.45) is 6.18. The van der Waals surface area contributed by atoms with Crippen molar-refractivity contribution in [3.8, 4) is 11.4 Å². The molecule has 0 spiro atoms. The molecule has 0 unspecified atom stereocenters. The van der Waals surface area contributed by atoms with Crippen molar-refractivity contribution in [2.75, 3.05) is 70.1 Å². The monoisotopic (exact) mass is 641 g/mol. The number of hydrogen-bond donors (Lipinski definition) is 3. The fraction of sp³-hybridized carbons (Fsp3) is 0.517. The zero-order valence-corrected chi connectivity index (χ0v) is 26.5. The Balaban J connectivity index is 1.20. The number of hydrogen-bond acceptors (Lipinski definition) is 11. The molecule has 13 nitrogen and oxygen atoms in total. The molecule has 0 radical (unpaired) electrons. The van der Waals surface area contributed by atoms with Crippen molar-refractivity contribution < 1.29 is 18.4 Å². The first-order valence-corrected chi connectivity index (χ1v) is 17.8. The van der Waals surface area contributed by atoms with E-state index >= 15 is 0 Å². The largest absolute Gasteiger partial charge is 0.353 e. The molecule has 1 aromatic carbocycles. The van der Waals surface area contributed by atoms with Gasteiger partial charge in [-0.3, -0.25) is 24.9 Å². The molecule has 4 aromatic rings. The van der Waals surface area contributed by atoms with Crippen LogP contribution in [0.1, 0.15) is 30.6 Å². The number of aromatic amines is 1. The van der Waals surface area contributed by atoms with E-state index in [-0.39, 0.29) is 5.91 Å². The number of benzene rings is 1. The van der Waals surface area contributed by atoms with E-state index in [2.05, 4.69) is 31.0 Å². The number of thiophene rings is 1. The second-order valence-electron chi connectivity index (χ2n) is 11.5. The van der Waals surface area contributed by atoms with Crippen LogP contribution < -0.4 is 10.4 Å². The Labute approximate surface area is 260 Å². The highest BCUT2D eigenvalue weighted by atomic mass is 32.2. The molecule has 0 saturated carbocycles. The van der Waals surface area contributed by atoms with Crippen LogP contribution in [-0.4, -0.2) is 119 Å². The van der Waals surface area contributed by atoms with E-state index < -0.39 is 10.0 Å². The van der Waals surface area contributed by atoms with Crippen molar-refractivity contribution in [1.29, 1.82) is 0 Å². The number of amides is 1. The van der Waals surface area contributed by atoms with Gasteiger partial charge in [0, 0.05) is 81.2 Å². The number of unbranched alkanes of at least 4 members (excludes halogenated alkanes) is 2. The predicted octanol–water partition coefficient (Wildman–Crippen LogP) is 2.50. The molecule has 1 amide bonds. The van der Waals surface area contributed by atoms with Crippen LogP contribution in [0.25, 0.3) is 32.5 Å². The van der Waals surface area contributed by atoms with Gasteiger partial charge in [0.2, 0.25) is 15.9 Å². The maximum atomic E-state index is 12.0. The first-order chi connectivity index (χ1) is 21.3. The van der Waals surface area contributed by atoms with E-state index in [1.165, 1.54) is 11.1 Å². The standard InChI is InChI=1S/C29H39N9O4S2/c1-44(41,42)38-16-12-36(13-17-38)20-21-18-25-27(43-21)29(32-28(31-25)22-6-5-7-24-23(22)19-30-33-24)37-14-10-35(11-15-37)9-4-2-3-8-26(39)34-40/h5-7,18-19,40H,2-4,8-17,20H2,1H3,(H,30,33)(H,34,39). The van der Waals surface area contributed by atoms with Gasteiger partial charge in [0.1, 0.15) is 0 Å². The molecule has 5 heterocycles. The number of hydroxylamine groups is 1. The van der Waals surface area contributed by atoms with Gasteiger partial charge in [0.25, 0.3) is 0 Å². The van der Waals surface area contributed by atoms with Crippen molar-refractivity contribution in [3.05, 3.63) is 35.3 Å². The lowest BCUT2D eigenvalue weighted by molar-refractivity contribution is -0.129. The van der Waals surface area contributed by atoms with Crippen LogP contribution in [0.4, 0.5) is 5.82 Å². The minimum atomic E-state index is -3.17. The molecule has 2 aliphatic heterocycles. The molecule has 3 aromatic heterocycles. The van der Waals surface area contributed by atoms with E-state index in [0.29, 0.717) is 38.4 Å². The molecule has 6 rings (SSSR count). The van der Waals surface area contributed by atoms with Crippen molar-refractivity contribution in [3.63, 3.8) is 0 Å². The smallest absolute Gasteiger partial charge is 0.243 e. The number of anilines is 1. The molecule has 0 bridgehead atoms. The van der Waals surface area contributed by atoms with Gasteiger partial charge >= 0.3 is 0 Å². The van der Waals surface area contributed by atoms with Crippen LogP contribution in [0, 0.1) is 0 Å². The molecule has 0 aliphatic carbocycles. The highest BCUT2D eigenvalue weighted by molar-refractivity contribution is 7.88. The van der Waals surface area contributed by atoms with Crippen molar-refractivity contribution in [2.24, 2.45) is 0 Å². The average Bonchev–Trinajstić information content (AvgIpc) is 3.67. The maximum Gasteiger partial charge on any atom is 0.243 e. The van der Waals surface area contributed by atoms with E-state index in [0.717, 1.165) is 91.0 Å². The molecule has 0 atom stereocenters. The number of piperazine rings is 2. The van der Waals surface area contributed by atoms with Crippen molar-refractivity contribution in [1.82, 2.24) is 39.8 Å². The van der Waals surface area contributed by atoms with Gasteiger partial charge in [-0.1, -0.05) is 18.6 Å². The third-order valence-corrected chi connectivity index (χ3v) is 10.9. The SMILES string of the molecule is CS(=O)(=O)N1CCN(Cc2cc3nc(-c4cccc5[nH]ncc45)nc(N4CCN(CCCCCC(=O)NO)CC4)c3s2)CC1. The number of rotatable bonds is 11. The summed E-state index contributed by atoms with van der Waals surface area (Å²) in [4.78, 5) is 29.8. The molecule has 2 fully saturated rings. The molecular formula is C29H39N9O4S2. The molecule has 2 aliphatic rings. The molecule has 44 heavy (non-hydrogen) atoms. The summed E-state index contributed by atoms with van der Waals surface area (Å²) in [5.41, 5.74) is 4.50. The second kappa shape index (κ2) is 13.4. The summed E-state index contributed by atoms with van der Waals surface area (Å²) in [6, 6.07) is 8.20. The predicted molar refractivity (Wildman–Crippen MR) is 171 cm³/mol. The highest BCUT2D eigenvalue weighted by Crippen LogP contribution is 2.36. The number of nitrogens with one attached hydrogen (secondary N) is 2. The third-order valence-electron chi connectivity index (χ3n) is 8.48. The number of H-pyrrole nitrogens is 1. The number of fused-ring (bicyclic) bond motifs is 2. The minimum absolute atomic E-state index is 0.329. The zero-order chi connectivity index (χ0) is 30.7. The van der Waals surface area contributed by atoms with E-state index in [1.54, 1.807) is 21.1 Å². The van der Waals surface area contributed by atoms with Gasteiger partial charge in [0.05, 0.1) is 28.2 Å². The fourth-order valence-corrected chi connectivity index (χ4v) is 8.00. The van der Waals surface area contributed by atoms with Crippen molar-refractivity contribution >= 4 is 54.2 Å². The van der Waals surface area contributed by atoms with Gasteiger partial charge in [-0.15, -0.1) is 11.3 Å². The summed E-state index contributed by atoms with van der Waals surface area (Å²) in [7, 11) is -3.17. The van der Waals surface area contributed by atoms with Crippen LogP contribution in [0.2, 0.25) is 0 Å². The number of nitrogens with zero attached hydrogens (tertiary/aromatic N) is 7. The van der Waals surface area contributed by atoms with Crippen LogP contribution >= 0.6 is 11.3 Å². The first-order valence-electron chi connectivity index (χ1n) is 15.1. The Morgan fingerprint density at radius 2 is 1.80 bits per heavy atom. The topological polar surface area (TPSA) is 151 Å². The minimum Gasteiger partial charge on any atom is -0.353 e. The molecular weight excluding hydrogens is 603 g/mol. The lowest BCUT2D eigenvalue weighted by Gasteiger charge is -2.35. The Morgan fingerprint density at radius 1 is 1.02 bits per heavy atom. The van der Waals surface area contributed by atoms with Crippen LogP contribution in [-0.2, 0) is 21.4 Å². The Kier molecular flexibility index (Phi) is 9.40. The van der Waals surface area contributed by atoms with Crippen LogP contribution in [0.15, 0.2) is 30.5 Å². The molecule has 2 saturated heterocycles. The molecule has 236 valence electrons. The van der Waals surface area contributed by atoms with Gasteiger partial charge in [-0.25, -0.2) is 23.9 Å². The van der Waals surface area contributed by atoms with E-state index in [9.17, 15) is 13.2 Å². The second-order valence-corrected chi connectivity index (χ2v) is 14.7. The Bertz CT molecular complexity index is 1710. The summed E-state index contributed by atoms with van der Waals surface area (Å²) in [5.74, 6) is 1.31. The van der Waals surface area contributed by atoms with E-state index in [1.807, 2.05) is 24.4 Å². The maximum absolute atomic E-state index is 12.0. The van der Waals surface area contributed by atoms with Gasteiger partial charge in [0.15, 0.2) is 11.6 Å². The number of carbonyl (C=O) groups excluding carboxylic acids is 1. The number of sulfonamides is 1. The van der Waals surface area contributed by atoms with Gasteiger partial charge < -0.3 is 4.90 Å². The zero-order valence-electron chi connectivity index (χ0n) is 24.9. The Morgan fingerprint density at radius 3 is 2.55 bits per heavy atom. The van der Waals surface area contributed by atoms with Gasteiger partial charge in [-0.2, -0.15) is 9.40 Å². The molecule has 3 N–H and O–H groups in total. The molecule has 15 heteroatoms. The Hall–Kier alpha value is -3.21. The normalized spacial score (nSPS) is 17.5. The van der Waals surface area contributed by atoms with Crippen molar-refractivity contribution in [2.45, 2.75) is 32.2 Å². The average molecular weight is 642 g/mol.